The molecule has 152 valence electrons. The first-order valence-corrected chi connectivity index (χ1v) is 11.6. The van der Waals surface area contributed by atoms with E-state index in [-0.39, 0.29) is 12.1 Å². The molecule has 2 saturated heterocycles. The van der Waals surface area contributed by atoms with E-state index in [4.69, 9.17) is 9.73 Å². The highest BCUT2D eigenvalue weighted by molar-refractivity contribution is 8.14. The molecule has 0 amide bonds. The molecular weight excluding hydrogens is 380 g/mol. The Morgan fingerprint density at radius 3 is 2.76 bits per heavy atom. The van der Waals surface area contributed by atoms with Gasteiger partial charge < -0.3 is 14.5 Å². The summed E-state index contributed by atoms with van der Waals surface area (Å²) in [5, 5.41) is 1.17. The van der Waals surface area contributed by atoms with E-state index in [0.717, 1.165) is 36.7 Å². The van der Waals surface area contributed by atoms with Crippen LogP contribution in [0.25, 0.3) is 0 Å². The minimum atomic E-state index is 0.0235. The Labute approximate surface area is 177 Å². The Morgan fingerprint density at radius 1 is 1.17 bits per heavy atom. The van der Waals surface area contributed by atoms with Gasteiger partial charge in [-0.2, -0.15) is 0 Å². The van der Waals surface area contributed by atoms with Crippen LogP contribution in [0.2, 0.25) is 0 Å². The highest BCUT2D eigenvalue weighted by Crippen LogP contribution is 2.49. The fourth-order valence-corrected chi connectivity index (χ4v) is 6.14. The summed E-state index contributed by atoms with van der Waals surface area (Å²) < 4.78 is 5.85. The molecule has 1 aromatic heterocycles. The van der Waals surface area contributed by atoms with Crippen molar-refractivity contribution in [2.45, 2.75) is 44.3 Å². The van der Waals surface area contributed by atoms with Gasteiger partial charge in [0, 0.05) is 31.1 Å². The van der Waals surface area contributed by atoms with Crippen molar-refractivity contribution < 1.29 is 4.74 Å². The second kappa shape index (κ2) is 7.90. The third-order valence-corrected chi connectivity index (χ3v) is 7.45. The summed E-state index contributed by atoms with van der Waals surface area (Å²) in [7, 11) is 1.78. The van der Waals surface area contributed by atoms with Crippen LogP contribution in [0.1, 0.15) is 49.5 Å². The molecule has 0 N–H and O–H groups in total. The van der Waals surface area contributed by atoms with Gasteiger partial charge in [-0.15, -0.1) is 0 Å². The first-order valence-electron chi connectivity index (χ1n) is 10.6. The van der Waals surface area contributed by atoms with E-state index in [2.05, 4.69) is 52.0 Å². The maximum absolute atomic E-state index is 5.85. The first-order chi connectivity index (χ1) is 14.3. The van der Waals surface area contributed by atoms with Gasteiger partial charge in [0.25, 0.3) is 0 Å². The van der Waals surface area contributed by atoms with E-state index in [1.54, 1.807) is 7.11 Å². The van der Waals surface area contributed by atoms with Gasteiger partial charge in [0.05, 0.1) is 24.5 Å². The van der Waals surface area contributed by atoms with Gasteiger partial charge in [0.15, 0.2) is 5.17 Å². The number of pyridine rings is 1. The number of aromatic nitrogens is 1. The highest BCUT2D eigenvalue weighted by Gasteiger charge is 2.45. The molecule has 0 radical (unpaired) electrons. The van der Waals surface area contributed by atoms with Crippen LogP contribution in [0, 0.1) is 0 Å². The fourth-order valence-electron chi connectivity index (χ4n) is 4.81. The maximum Gasteiger partial charge on any atom is 0.160 e. The van der Waals surface area contributed by atoms with Crippen LogP contribution in [0.15, 0.2) is 47.6 Å². The number of ether oxygens (including phenoxy) is 1. The molecule has 6 heteroatoms. The second-order valence-electron chi connectivity index (χ2n) is 7.96. The Morgan fingerprint density at radius 2 is 2.03 bits per heavy atom. The van der Waals surface area contributed by atoms with E-state index in [9.17, 15) is 0 Å². The molecule has 5 rings (SSSR count). The lowest BCUT2D eigenvalue weighted by Crippen LogP contribution is -2.35. The number of fused-ring (bicyclic) bond motifs is 1. The van der Waals surface area contributed by atoms with Crippen LogP contribution in [0.4, 0.5) is 5.69 Å². The van der Waals surface area contributed by atoms with Gasteiger partial charge >= 0.3 is 0 Å². The maximum atomic E-state index is 5.85. The normalized spacial score (nSPS) is 26.0. The van der Waals surface area contributed by atoms with Crippen LogP contribution < -0.4 is 9.64 Å². The molecule has 2 aromatic rings. The average molecular weight is 409 g/mol. The summed E-state index contributed by atoms with van der Waals surface area (Å²) in [5.74, 6) is 2.08. The number of methoxy groups -OCH3 is 1. The molecular formula is C23H28N4OS. The third-order valence-electron chi connectivity index (χ3n) is 6.32. The predicted molar refractivity (Wildman–Crippen MR) is 120 cm³/mol. The first kappa shape index (κ1) is 18.8. The summed E-state index contributed by atoms with van der Waals surface area (Å²) in [4.78, 5) is 14.8. The zero-order valence-corrected chi connectivity index (χ0v) is 17.9. The molecule has 0 spiro atoms. The molecule has 3 aliphatic rings. The summed E-state index contributed by atoms with van der Waals surface area (Å²) in [6, 6.07) is 13.6. The monoisotopic (exact) mass is 408 g/mol. The molecule has 0 aliphatic carbocycles. The molecule has 0 unspecified atom stereocenters. The largest absolute Gasteiger partial charge is 0.495 e. The molecule has 5 nitrogen and oxygen atoms in total. The molecule has 1 aromatic carbocycles. The molecule has 2 fully saturated rings. The van der Waals surface area contributed by atoms with Crippen molar-refractivity contribution in [1.29, 1.82) is 0 Å². The van der Waals surface area contributed by atoms with Gasteiger partial charge in [-0.25, -0.2) is 0 Å². The van der Waals surface area contributed by atoms with Crippen LogP contribution in [0.5, 0.6) is 5.75 Å². The Bertz CT molecular complexity index is 897. The van der Waals surface area contributed by atoms with E-state index >= 15 is 0 Å². The van der Waals surface area contributed by atoms with Crippen molar-refractivity contribution in [3.05, 3.63) is 53.9 Å². The van der Waals surface area contributed by atoms with Crippen molar-refractivity contribution in [3.8, 4) is 5.75 Å². The lowest BCUT2D eigenvalue weighted by Gasteiger charge is -2.32. The van der Waals surface area contributed by atoms with Crippen molar-refractivity contribution in [2.24, 2.45) is 4.99 Å². The standard InChI is InChI=1S/C23H28N4OS/c1-3-17-15-29-23-25-21(18-8-4-5-11-24-18)22(27(17)23)16-9-10-19(20(14-16)28-2)26-12-6-7-13-26/h4-5,8-11,14,17,21-22H,3,6-7,12-13,15H2,1-2H3/t17-,21-,22-/m1/s1. The number of rotatable bonds is 5. The Hall–Kier alpha value is -2.21. The number of anilines is 1. The summed E-state index contributed by atoms with van der Waals surface area (Å²) >= 11 is 1.88. The summed E-state index contributed by atoms with van der Waals surface area (Å²) in [6.07, 6.45) is 5.52. The Balaban J connectivity index is 1.56. The van der Waals surface area contributed by atoms with E-state index in [1.165, 1.54) is 29.3 Å². The zero-order valence-electron chi connectivity index (χ0n) is 17.1. The summed E-state index contributed by atoms with van der Waals surface area (Å²) in [5.41, 5.74) is 3.52. The number of nitrogens with zero attached hydrogens (tertiary/aromatic N) is 4. The van der Waals surface area contributed by atoms with Gasteiger partial charge in [-0.05, 0) is 49.1 Å². The van der Waals surface area contributed by atoms with Crippen molar-refractivity contribution in [2.75, 3.05) is 30.9 Å². The molecule has 0 saturated carbocycles. The fraction of sp³-hybridized carbons (Fsp3) is 0.478. The van der Waals surface area contributed by atoms with E-state index in [1.807, 2.05) is 24.0 Å². The zero-order chi connectivity index (χ0) is 19.8. The number of thioether (sulfide) groups is 1. The molecule has 0 bridgehead atoms. The van der Waals surface area contributed by atoms with Crippen molar-refractivity contribution in [1.82, 2.24) is 9.88 Å². The topological polar surface area (TPSA) is 41.0 Å². The molecule has 3 atom stereocenters. The smallest absolute Gasteiger partial charge is 0.160 e. The summed E-state index contributed by atoms with van der Waals surface area (Å²) in [6.45, 7) is 4.50. The number of hydrogen-bond acceptors (Lipinski definition) is 6. The van der Waals surface area contributed by atoms with Crippen molar-refractivity contribution in [3.63, 3.8) is 0 Å². The highest BCUT2D eigenvalue weighted by atomic mass is 32.2. The van der Waals surface area contributed by atoms with Crippen LogP contribution in [-0.2, 0) is 0 Å². The number of benzene rings is 1. The van der Waals surface area contributed by atoms with Gasteiger partial charge in [-0.1, -0.05) is 30.8 Å². The lowest BCUT2D eigenvalue weighted by atomic mass is 9.94. The number of aliphatic imine (C=N–C) groups is 1. The van der Waals surface area contributed by atoms with E-state index < -0.39 is 0 Å². The van der Waals surface area contributed by atoms with E-state index in [0.29, 0.717) is 6.04 Å². The second-order valence-corrected chi connectivity index (χ2v) is 8.95. The van der Waals surface area contributed by atoms with Gasteiger partial charge in [0.1, 0.15) is 11.8 Å². The van der Waals surface area contributed by atoms with Crippen LogP contribution in [-0.4, -0.2) is 47.0 Å². The lowest BCUT2D eigenvalue weighted by molar-refractivity contribution is 0.254. The molecule has 29 heavy (non-hydrogen) atoms. The predicted octanol–water partition coefficient (Wildman–Crippen LogP) is 4.67. The van der Waals surface area contributed by atoms with Crippen LogP contribution in [0.3, 0.4) is 0 Å². The minimum absolute atomic E-state index is 0.0235. The number of hydrogen-bond donors (Lipinski definition) is 0. The minimum Gasteiger partial charge on any atom is -0.495 e. The van der Waals surface area contributed by atoms with Crippen LogP contribution >= 0.6 is 11.8 Å². The Kier molecular flexibility index (Phi) is 5.12. The average Bonchev–Trinajstić information content (AvgIpc) is 3.50. The number of amidine groups is 1. The SMILES string of the molecule is CC[C@@H]1CSC2=N[C@H](c3ccccn3)[C@@H](c3ccc(N4CCCC4)c(OC)c3)N21. The third kappa shape index (κ3) is 3.27. The van der Waals surface area contributed by atoms with Crippen molar-refractivity contribution >= 4 is 22.6 Å². The quantitative estimate of drug-likeness (QED) is 0.719. The van der Waals surface area contributed by atoms with Gasteiger partial charge in [0.2, 0.25) is 0 Å². The molecule has 4 heterocycles. The van der Waals surface area contributed by atoms with Gasteiger partial charge in [-0.3, -0.25) is 9.98 Å². The molecule has 3 aliphatic heterocycles.